The van der Waals surface area contributed by atoms with Gasteiger partial charge in [-0.2, -0.15) is 0 Å². The first-order valence-electron chi connectivity index (χ1n) is 11.7. The van der Waals surface area contributed by atoms with Crippen LogP contribution in [0.15, 0.2) is 36.5 Å². The Hall–Kier alpha value is -3.62. The molecule has 0 spiro atoms. The van der Waals surface area contributed by atoms with Crippen molar-refractivity contribution in [3.63, 3.8) is 0 Å². The first-order chi connectivity index (χ1) is 16.5. The molecule has 1 atom stereocenters. The molecule has 3 aliphatic rings. The van der Waals surface area contributed by atoms with Crippen molar-refractivity contribution in [1.82, 2.24) is 9.88 Å². The molecule has 1 aromatic heterocycles. The number of carbonyl (C=O) groups is 3. The summed E-state index contributed by atoms with van der Waals surface area (Å²) in [4.78, 5) is 44.9. The standard InChI is InChI=1S/C25H27N3O6/c1-2-32-23(29)14-27-13-17-5-6-18(11-20(17)24(27)30)28-10-9-21(25(28)31)34-19-7-8-22(26-12-19)33-15-16-3-4-16/h5-8,11-12,16,21H,2-4,9-10,13-15H2,1H3. The molecule has 2 fully saturated rings. The number of hydrogen-bond donors (Lipinski definition) is 0. The minimum absolute atomic E-state index is 0.0896. The van der Waals surface area contributed by atoms with Crippen molar-refractivity contribution in [1.29, 1.82) is 0 Å². The van der Waals surface area contributed by atoms with Gasteiger partial charge in [-0.15, -0.1) is 0 Å². The predicted molar refractivity (Wildman–Crippen MR) is 122 cm³/mol. The van der Waals surface area contributed by atoms with E-state index in [0.29, 0.717) is 54.9 Å². The number of pyridine rings is 1. The fourth-order valence-corrected chi connectivity index (χ4v) is 4.20. The summed E-state index contributed by atoms with van der Waals surface area (Å²) in [6.45, 7) is 3.43. The van der Waals surface area contributed by atoms with Crippen LogP contribution in [0.1, 0.15) is 42.1 Å². The van der Waals surface area contributed by atoms with Gasteiger partial charge in [-0.25, -0.2) is 4.98 Å². The summed E-state index contributed by atoms with van der Waals surface area (Å²) < 4.78 is 16.5. The number of rotatable bonds is 9. The highest BCUT2D eigenvalue weighted by atomic mass is 16.5. The van der Waals surface area contributed by atoms with Crippen LogP contribution in [0.2, 0.25) is 0 Å². The Morgan fingerprint density at radius 3 is 2.74 bits per heavy atom. The van der Waals surface area contributed by atoms with Gasteiger partial charge in [-0.3, -0.25) is 14.4 Å². The van der Waals surface area contributed by atoms with Gasteiger partial charge in [0, 0.05) is 36.8 Å². The van der Waals surface area contributed by atoms with Crippen molar-refractivity contribution >= 4 is 23.5 Å². The average Bonchev–Trinajstić information content (AvgIpc) is 3.53. The molecule has 2 aromatic rings. The van der Waals surface area contributed by atoms with Crippen LogP contribution < -0.4 is 14.4 Å². The molecule has 5 rings (SSSR count). The minimum Gasteiger partial charge on any atom is -0.479 e. The molecule has 2 amide bonds. The van der Waals surface area contributed by atoms with Crippen molar-refractivity contribution in [2.24, 2.45) is 5.92 Å². The summed E-state index contributed by atoms with van der Waals surface area (Å²) in [7, 11) is 0. The third-order valence-electron chi connectivity index (χ3n) is 6.22. The molecule has 178 valence electrons. The molecule has 3 heterocycles. The Balaban J connectivity index is 1.21. The highest BCUT2D eigenvalue weighted by Gasteiger charge is 2.36. The molecule has 1 saturated heterocycles. The van der Waals surface area contributed by atoms with Gasteiger partial charge in [-0.05, 0) is 49.4 Å². The highest BCUT2D eigenvalue weighted by molar-refractivity contribution is 6.03. The van der Waals surface area contributed by atoms with Crippen LogP contribution in [0.4, 0.5) is 5.69 Å². The molecule has 9 heteroatoms. The first-order valence-corrected chi connectivity index (χ1v) is 11.7. The zero-order valence-corrected chi connectivity index (χ0v) is 19.1. The minimum atomic E-state index is -0.621. The molecule has 2 aliphatic heterocycles. The number of anilines is 1. The van der Waals surface area contributed by atoms with Crippen LogP contribution >= 0.6 is 0 Å². The second-order valence-corrected chi connectivity index (χ2v) is 8.78. The maximum atomic E-state index is 13.0. The molecule has 9 nitrogen and oxygen atoms in total. The Bertz CT molecular complexity index is 1100. The fraction of sp³-hybridized carbons (Fsp3) is 0.440. The first kappa shape index (κ1) is 22.2. The van der Waals surface area contributed by atoms with Crippen molar-refractivity contribution < 1.29 is 28.6 Å². The number of esters is 1. The normalized spacial score (nSPS) is 19.4. The van der Waals surface area contributed by atoms with E-state index in [0.717, 1.165) is 5.56 Å². The van der Waals surface area contributed by atoms with Crippen molar-refractivity contribution in [3.8, 4) is 11.6 Å². The van der Waals surface area contributed by atoms with Gasteiger partial charge in [0.15, 0.2) is 6.10 Å². The van der Waals surface area contributed by atoms with Gasteiger partial charge in [-0.1, -0.05) is 6.07 Å². The summed E-state index contributed by atoms with van der Waals surface area (Å²) in [5, 5.41) is 0. The molecule has 1 aromatic carbocycles. The lowest BCUT2D eigenvalue weighted by Crippen LogP contribution is -2.32. The lowest BCUT2D eigenvalue weighted by Gasteiger charge is -2.18. The molecule has 0 N–H and O–H groups in total. The second-order valence-electron chi connectivity index (χ2n) is 8.78. The maximum absolute atomic E-state index is 13.0. The number of nitrogens with zero attached hydrogens (tertiary/aromatic N) is 3. The van der Waals surface area contributed by atoms with Gasteiger partial charge in [0.1, 0.15) is 12.3 Å². The van der Waals surface area contributed by atoms with Crippen LogP contribution in [0.25, 0.3) is 0 Å². The van der Waals surface area contributed by atoms with Crippen molar-refractivity contribution in [3.05, 3.63) is 47.7 Å². The third kappa shape index (κ3) is 4.69. The zero-order valence-electron chi connectivity index (χ0n) is 19.1. The average molecular weight is 466 g/mol. The lowest BCUT2D eigenvalue weighted by atomic mass is 10.1. The third-order valence-corrected chi connectivity index (χ3v) is 6.22. The van der Waals surface area contributed by atoms with Gasteiger partial charge in [0.05, 0.1) is 19.4 Å². The van der Waals surface area contributed by atoms with E-state index < -0.39 is 12.1 Å². The van der Waals surface area contributed by atoms with Crippen LogP contribution in [0.5, 0.6) is 11.6 Å². The molecule has 1 unspecified atom stereocenters. The van der Waals surface area contributed by atoms with E-state index in [1.54, 1.807) is 36.2 Å². The Labute approximate surface area is 197 Å². The fourth-order valence-electron chi connectivity index (χ4n) is 4.20. The highest BCUT2D eigenvalue weighted by Crippen LogP contribution is 2.31. The SMILES string of the molecule is CCOC(=O)CN1Cc2ccc(N3CCC(Oc4ccc(OCC5CC5)nc4)C3=O)cc2C1=O. The number of hydrogen-bond acceptors (Lipinski definition) is 7. The number of amides is 2. The van der Waals surface area contributed by atoms with Gasteiger partial charge in [0.25, 0.3) is 11.8 Å². The molecule has 0 bridgehead atoms. The molecular weight excluding hydrogens is 438 g/mol. The summed E-state index contributed by atoms with van der Waals surface area (Å²) in [5.74, 6) is 0.879. The number of fused-ring (bicyclic) bond motifs is 1. The van der Waals surface area contributed by atoms with E-state index in [4.69, 9.17) is 14.2 Å². The number of aromatic nitrogens is 1. The van der Waals surface area contributed by atoms with Crippen LogP contribution in [-0.4, -0.2) is 60.1 Å². The molecule has 1 saturated carbocycles. The number of benzene rings is 1. The van der Waals surface area contributed by atoms with Crippen molar-refractivity contribution in [2.75, 3.05) is 31.2 Å². The lowest BCUT2D eigenvalue weighted by molar-refractivity contribution is -0.143. The quantitative estimate of drug-likeness (QED) is 0.525. The van der Waals surface area contributed by atoms with Gasteiger partial charge in [0.2, 0.25) is 5.88 Å². The Kier molecular flexibility index (Phi) is 6.08. The van der Waals surface area contributed by atoms with Crippen LogP contribution in [0, 0.1) is 5.92 Å². The maximum Gasteiger partial charge on any atom is 0.325 e. The zero-order chi connectivity index (χ0) is 23.7. The smallest absolute Gasteiger partial charge is 0.325 e. The van der Waals surface area contributed by atoms with Crippen molar-refractivity contribution in [2.45, 2.75) is 38.8 Å². The summed E-state index contributed by atoms with van der Waals surface area (Å²) >= 11 is 0. The largest absolute Gasteiger partial charge is 0.479 e. The summed E-state index contributed by atoms with van der Waals surface area (Å²) in [6, 6.07) is 8.89. The molecular formula is C25H27N3O6. The van der Waals surface area contributed by atoms with Gasteiger partial charge < -0.3 is 24.0 Å². The predicted octanol–water partition coefficient (Wildman–Crippen LogP) is 2.57. The van der Waals surface area contributed by atoms with Crippen LogP contribution in [0.3, 0.4) is 0 Å². The van der Waals surface area contributed by atoms with E-state index in [1.165, 1.54) is 17.7 Å². The van der Waals surface area contributed by atoms with E-state index in [-0.39, 0.29) is 25.0 Å². The Morgan fingerprint density at radius 1 is 1.15 bits per heavy atom. The summed E-state index contributed by atoms with van der Waals surface area (Å²) in [5.41, 5.74) is 1.97. The summed E-state index contributed by atoms with van der Waals surface area (Å²) in [6.07, 6.45) is 3.91. The topological polar surface area (TPSA) is 98.3 Å². The van der Waals surface area contributed by atoms with E-state index >= 15 is 0 Å². The molecule has 1 aliphatic carbocycles. The monoisotopic (exact) mass is 465 g/mol. The number of ether oxygens (including phenoxy) is 3. The molecule has 0 radical (unpaired) electrons. The van der Waals surface area contributed by atoms with Gasteiger partial charge >= 0.3 is 5.97 Å². The van der Waals surface area contributed by atoms with Crippen LogP contribution in [-0.2, 0) is 20.9 Å². The van der Waals surface area contributed by atoms with E-state index in [1.807, 2.05) is 12.1 Å². The Morgan fingerprint density at radius 2 is 2.00 bits per heavy atom. The second kappa shape index (κ2) is 9.32. The van der Waals surface area contributed by atoms with E-state index in [2.05, 4.69) is 4.98 Å². The molecule has 34 heavy (non-hydrogen) atoms. The number of carbonyl (C=O) groups excluding carboxylic acids is 3. The van der Waals surface area contributed by atoms with E-state index in [9.17, 15) is 14.4 Å².